The van der Waals surface area contributed by atoms with Crippen LogP contribution in [-0.2, 0) is 20.2 Å². The van der Waals surface area contributed by atoms with E-state index in [2.05, 4.69) is 10.2 Å². The molecule has 8 heteroatoms. The van der Waals surface area contributed by atoms with E-state index in [0.29, 0.717) is 24.9 Å². The van der Waals surface area contributed by atoms with Gasteiger partial charge in [-0.25, -0.2) is 12.8 Å². The van der Waals surface area contributed by atoms with Crippen molar-refractivity contribution in [2.24, 2.45) is 0 Å². The summed E-state index contributed by atoms with van der Waals surface area (Å²) >= 11 is 0. The van der Waals surface area contributed by atoms with Gasteiger partial charge in [0.15, 0.2) is 9.84 Å². The van der Waals surface area contributed by atoms with Gasteiger partial charge in [0.05, 0.1) is 10.8 Å². The Labute approximate surface area is 230 Å². The Balaban J connectivity index is 1.34. The smallest absolute Gasteiger partial charge is 0.227 e. The zero-order valence-electron chi connectivity index (χ0n) is 22.5. The van der Waals surface area contributed by atoms with E-state index in [1.54, 1.807) is 36.4 Å². The zero-order chi connectivity index (χ0) is 28.0. The van der Waals surface area contributed by atoms with E-state index < -0.39 is 15.4 Å². The third-order valence-corrected chi connectivity index (χ3v) is 8.86. The van der Waals surface area contributed by atoms with Gasteiger partial charge in [0.25, 0.3) is 0 Å². The summed E-state index contributed by atoms with van der Waals surface area (Å²) < 4.78 is 37.1. The molecule has 0 radical (unpaired) electrons. The molecule has 208 valence electrons. The summed E-state index contributed by atoms with van der Waals surface area (Å²) in [5.41, 5.74) is 1.00. The standard InChI is InChI=1S/C31H37FN2O4S/c1-3-29(23-9-15-28(16-10-23)39(2,37)38)30(35)33-27-17-20-34(21-18-27)22-19-31(36,24-7-5-4-6-8-24)25-11-13-26(32)14-12-25/h4-16,27,29,36H,3,17-22H2,1-2H3,(H,33,35). The van der Waals surface area contributed by atoms with E-state index in [4.69, 9.17) is 0 Å². The topological polar surface area (TPSA) is 86.7 Å². The molecular weight excluding hydrogens is 515 g/mol. The summed E-state index contributed by atoms with van der Waals surface area (Å²) in [5.74, 6) is -0.722. The van der Waals surface area contributed by atoms with Gasteiger partial charge in [-0.3, -0.25) is 4.79 Å². The van der Waals surface area contributed by atoms with Crippen LogP contribution in [0.4, 0.5) is 4.39 Å². The molecule has 0 spiro atoms. The van der Waals surface area contributed by atoms with Gasteiger partial charge in [-0.2, -0.15) is 0 Å². The van der Waals surface area contributed by atoms with Crippen molar-refractivity contribution in [1.29, 1.82) is 0 Å². The number of likely N-dealkylation sites (tertiary alicyclic amines) is 1. The van der Waals surface area contributed by atoms with Crippen molar-refractivity contribution in [2.75, 3.05) is 25.9 Å². The van der Waals surface area contributed by atoms with Crippen LogP contribution in [0.5, 0.6) is 0 Å². The SMILES string of the molecule is CCC(C(=O)NC1CCN(CCC(O)(c2ccccc2)c2ccc(F)cc2)CC1)c1ccc(S(C)(=O)=O)cc1. The van der Waals surface area contributed by atoms with Crippen molar-refractivity contribution in [2.45, 2.75) is 55.1 Å². The Morgan fingerprint density at radius 2 is 1.59 bits per heavy atom. The van der Waals surface area contributed by atoms with Gasteiger partial charge in [-0.15, -0.1) is 0 Å². The second-order valence-corrected chi connectivity index (χ2v) is 12.4. The summed E-state index contributed by atoms with van der Waals surface area (Å²) in [7, 11) is -3.28. The van der Waals surface area contributed by atoms with Gasteiger partial charge in [-0.1, -0.05) is 61.5 Å². The van der Waals surface area contributed by atoms with Crippen molar-refractivity contribution in [3.63, 3.8) is 0 Å². The number of amides is 1. The normalized spacial score (nSPS) is 17.3. The molecular formula is C31H37FN2O4S. The first-order chi connectivity index (χ1) is 18.6. The van der Waals surface area contributed by atoms with E-state index in [1.807, 2.05) is 37.3 Å². The third kappa shape index (κ3) is 7.12. The fourth-order valence-corrected chi connectivity index (χ4v) is 5.97. The van der Waals surface area contributed by atoms with Gasteiger partial charge in [0.2, 0.25) is 5.91 Å². The second-order valence-electron chi connectivity index (χ2n) is 10.4. The quantitative estimate of drug-likeness (QED) is 0.383. The molecule has 2 unspecified atom stereocenters. The number of piperidine rings is 1. The summed E-state index contributed by atoms with van der Waals surface area (Å²) in [6, 6.07) is 22.1. The summed E-state index contributed by atoms with van der Waals surface area (Å²) in [6.07, 6.45) is 3.85. The monoisotopic (exact) mass is 552 g/mol. The average Bonchev–Trinajstić information content (AvgIpc) is 2.93. The van der Waals surface area contributed by atoms with Crippen molar-refractivity contribution in [3.8, 4) is 0 Å². The largest absolute Gasteiger partial charge is 0.380 e. The number of sulfone groups is 1. The maximum Gasteiger partial charge on any atom is 0.227 e. The molecule has 2 atom stereocenters. The number of benzene rings is 3. The van der Waals surface area contributed by atoms with Gasteiger partial charge in [-0.05, 0) is 66.6 Å². The van der Waals surface area contributed by atoms with Crippen molar-refractivity contribution in [3.05, 3.63) is 101 Å². The van der Waals surface area contributed by atoms with Crippen molar-refractivity contribution in [1.82, 2.24) is 10.2 Å². The maximum absolute atomic E-state index is 13.6. The number of halogens is 1. The Morgan fingerprint density at radius 3 is 2.15 bits per heavy atom. The number of carbonyl (C=O) groups excluding carboxylic acids is 1. The highest BCUT2D eigenvalue weighted by atomic mass is 32.2. The van der Waals surface area contributed by atoms with Crippen LogP contribution in [0.15, 0.2) is 83.8 Å². The van der Waals surface area contributed by atoms with Crippen LogP contribution in [0, 0.1) is 5.82 Å². The van der Waals surface area contributed by atoms with E-state index in [9.17, 15) is 22.7 Å². The fraction of sp³-hybridized carbons (Fsp3) is 0.387. The molecule has 1 aliphatic rings. The van der Waals surface area contributed by atoms with Crippen LogP contribution < -0.4 is 5.32 Å². The summed E-state index contributed by atoms with van der Waals surface area (Å²) in [6.45, 7) is 4.19. The van der Waals surface area contributed by atoms with Crippen LogP contribution in [0.25, 0.3) is 0 Å². The highest BCUT2D eigenvalue weighted by molar-refractivity contribution is 7.90. The lowest BCUT2D eigenvalue weighted by Gasteiger charge is -2.36. The number of hydrogen-bond donors (Lipinski definition) is 2. The predicted octanol–water partition coefficient (Wildman–Crippen LogP) is 4.63. The number of nitrogens with zero attached hydrogens (tertiary/aromatic N) is 1. The van der Waals surface area contributed by atoms with Crippen LogP contribution >= 0.6 is 0 Å². The number of nitrogens with one attached hydrogen (secondary N) is 1. The van der Waals surface area contributed by atoms with E-state index in [-0.39, 0.29) is 28.6 Å². The molecule has 0 saturated carbocycles. The lowest BCUT2D eigenvalue weighted by molar-refractivity contribution is -0.123. The van der Waals surface area contributed by atoms with Crippen LogP contribution in [0.1, 0.15) is 55.2 Å². The molecule has 39 heavy (non-hydrogen) atoms. The lowest BCUT2D eigenvalue weighted by Crippen LogP contribution is -2.46. The van der Waals surface area contributed by atoms with Crippen LogP contribution in [0.2, 0.25) is 0 Å². The van der Waals surface area contributed by atoms with Gasteiger partial charge in [0, 0.05) is 31.9 Å². The minimum Gasteiger partial charge on any atom is -0.380 e. The van der Waals surface area contributed by atoms with Crippen LogP contribution in [0.3, 0.4) is 0 Å². The molecule has 6 nitrogen and oxygen atoms in total. The molecule has 2 N–H and O–H groups in total. The molecule has 1 saturated heterocycles. The van der Waals surface area contributed by atoms with Crippen molar-refractivity contribution >= 4 is 15.7 Å². The highest BCUT2D eigenvalue weighted by Crippen LogP contribution is 2.34. The second kappa shape index (κ2) is 12.4. The predicted molar refractivity (Wildman–Crippen MR) is 151 cm³/mol. The first-order valence-electron chi connectivity index (χ1n) is 13.5. The lowest BCUT2D eigenvalue weighted by atomic mass is 9.83. The van der Waals surface area contributed by atoms with Gasteiger partial charge in [0.1, 0.15) is 11.4 Å². The van der Waals surface area contributed by atoms with E-state index in [1.165, 1.54) is 18.4 Å². The summed E-state index contributed by atoms with van der Waals surface area (Å²) in [5, 5.41) is 15.0. The van der Waals surface area contributed by atoms with Gasteiger partial charge < -0.3 is 15.3 Å². The first kappa shape index (κ1) is 28.9. The molecule has 3 aromatic rings. The number of rotatable bonds is 10. The molecule has 0 aromatic heterocycles. The number of carbonyl (C=O) groups is 1. The highest BCUT2D eigenvalue weighted by Gasteiger charge is 2.33. The van der Waals surface area contributed by atoms with Crippen LogP contribution in [-0.4, -0.2) is 56.3 Å². The molecule has 1 amide bonds. The Hall–Kier alpha value is -3.07. The first-order valence-corrected chi connectivity index (χ1v) is 15.4. The zero-order valence-corrected chi connectivity index (χ0v) is 23.3. The number of hydrogen-bond acceptors (Lipinski definition) is 5. The van der Waals surface area contributed by atoms with E-state index in [0.717, 1.165) is 37.1 Å². The molecule has 1 heterocycles. The summed E-state index contributed by atoms with van der Waals surface area (Å²) in [4.78, 5) is 15.6. The Bertz CT molecular complexity index is 1340. The average molecular weight is 553 g/mol. The fourth-order valence-electron chi connectivity index (χ4n) is 5.34. The van der Waals surface area contributed by atoms with E-state index >= 15 is 0 Å². The molecule has 1 fully saturated rings. The molecule has 4 rings (SSSR count). The molecule has 3 aromatic carbocycles. The molecule has 1 aliphatic heterocycles. The molecule has 0 aliphatic carbocycles. The van der Waals surface area contributed by atoms with Gasteiger partial charge >= 0.3 is 0 Å². The Kier molecular flexibility index (Phi) is 9.20. The minimum absolute atomic E-state index is 0.0437. The minimum atomic E-state index is -3.28. The number of aliphatic hydroxyl groups is 1. The van der Waals surface area contributed by atoms with Crippen molar-refractivity contribution < 1.29 is 22.7 Å². The third-order valence-electron chi connectivity index (χ3n) is 7.73. The Morgan fingerprint density at radius 1 is 1.00 bits per heavy atom. The maximum atomic E-state index is 13.6. The molecule has 0 bridgehead atoms.